The first kappa shape index (κ1) is 31.2. The first-order valence-electron chi connectivity index (χ1n) is 13.3. The second-order valence-corrected chi connectivity index (χ2v) is 12.5. The van der Waals surface area contributed by atoms with Crippen LogP contribution in [0.1, 0.15) is 49.4 Å². The summed E-state index contributed by atoms with van der Waals surface area (Å²) in [5.41, 5.74) is 3.69. The summed E-state index contributed by atoms with van der Waals surface area (Å²) in [6, 6.07) is 18.0. The van der Waals surface area contributed by atoms with Crippen LogP contribution in [0.4, 0.5) is 5.69 Å². The molecule has 0 aliphatic carbocycles. The summed E-state index contributed by atoms with van der Waals surface area (Å²) in [5.74, 6) is -0.826. The summed E-state index contributed by atoms with van der Waals surface area (Å²) in [7, 11) is -4.12. The standard InChI is InChI=1S/C31H38ClN3O4S/c1-7-23(4)33-31(37)25(6)34(19-26-11-9-12-27(32)18-26)30(36)20-35(29-13-8-10-22(3)24(29)5)40(38,39)28-16-14-21(2)15-17-28/h8-18,23,25H,7,19-20H2,1-6H3,(H,33,37)/t23-,25-/m0/s1. The highest BCUT2D eigenvalue weighted by atomic mass is 35.5. The van der Waals surface area contributed by atoms with E-state index in [1.807, 2.05) is 46.8 Å². The molecule has 0 saturated heterocycles. The number of benzene rings is 3. The quantitative estimate of drug-likeness (QED) is 0.309. The molecule has 40 heavy (non-hydrogen) atoms. The molecule has 2 atom stereocenters. The van der Waals surface area contributed by atoms with Gasteiger partial charge in [-0.1, -0.05) is 60.5 Å². The molecule has 0 aromatic heterocycles. The van der Waals surface area contributed by atoms with Crippen LogP contribution < -0.4 is 9.62 Å². The Balaban J connectivity index is 2.07. The zero-order chi connectivity index (χ0) is 29.6. The van der Waals surface area contributed by atoms with Crippen LogP contribution in [-0.2, 0) is 26.2 Å². The smallest absolute Gasteiger partial charge is 0.264 e. The molecular formula is C31H38ClN3O4S. The predicted molar refractivity (Wildman–Crippen MR) is 161 cm³/mol. The number of carbonyl (C=O) groups is 2. The number of sulfonamides is 1. The van der Waals surface area contributed by atoms with Crippen LogP contribution in [-0.4, -0.2) is 43.8 Å². The first-order chi connectivity index (χ1) is 18.8. The summed E-state index contributed by atoms with van der Waals surface area (Å²) in [4.78, 5) is 28.7. The molecule has 0 radical (unpaired) electrons. The van der Waals surface area contributed by atoms with Gasteiger partial charge in [0.05, 0.1) is 10.6 Å². The van der Waals surface area contributed by atoms with Gasteiger partial charge in [-0.3, -0.25) is 13.9 Å². The van der Waals surface area contributed by atoms with Gasteiger partial charge in [0.25, 0.3) is 10.0 Å². The topological polar surface area (TPSA) is 86.8 Å². The van der Waals surface area contributed by atoms with E-state index >= 15 is 0 Å². The fourth-order valence-corrected chi connectivity index (χ4v) is 5.92. The summed E-state index contributed by atoms with van der Waals surface area (Å²) in [6.45, 7) is 10.7. The molecular weight excluding hydrogens is 546 g/mol. The fourth-order valence-electron chi connectivity index (χ4n) is 4.24. The van der Waals surface area contributed by atoms with E-state index < -0.39 is 28.5 Å². The molecule has 0 aliphatic rings. The summed E-state index contributed by atoms with van der Waals surface area (Å²) >= 11 is 6.20. The molecule has 0 unspecified atom stereocenters. The minimum Gasteiger partial charge on any atom is -0.352 e. The molecule has 0 fully saturated rings. The van der Waals surface area contributed by atoms with Crippen molar-refractivity contribution in [2.24, 2.45) is 0 Å². The average molecular weight is 584 g/mol. The molecule has 3 rings (SSSR count). The van der Waals surface area contributed by atoms with Gasteiger partial charge in [0, 0.05) is 17.6 Å². The third kappa shape index (κ3) is 7.43. The van der Waals surface area contributed by atoms with E-state index in [9.17, 15) is 18.0 Å². The Kier molecular flexibility index (Phi) is 10.4. The number of aryl methyl sites for hydroxylation is 2. The van der Waals surface area contributed by atoms with Crippen molar-refractivity contribution in [3.8, 4) is 0 Å². The molecule has 3 aromatic carbocycles. The predicted octanol–water partition coefficient (Wildman–Crippen LogP) is 5.79. The van der Waals surface area contributed by atoms with E-state index in [0.29, 0.717) is 10.7 Å². The fraction of sp³-hybridized carbons (Fsp3) is 0.355. The van der Waals surface area contributed by atoms with E-state index in [4.69, 9.17) is 11.6 Å². The molecule has 0 bridgehead atoms. The minimum absolute atomic E-state index is 0.0774. The van der Waals surface area contributed by atoms with Crippen LogP contribution in [0.3, 0.4) is 0 Å². The number of nitrogens with zero attached hydrogens (tertiary/aromatic N) is 2. The van der Waals surface area contributed by atoms with Crippen molar-refractivity contribution in [1.29, 1.82) is 0 Å². The molecule has 0 saturated carbocycles. The number of hydrogen-bond donors (Lipinski definition) is 1. The summed E-state index contributed by atoms with van der Waals surface area (Å²) < 4.78 is 29.2. The van der Waals surface area contributed by atoms with Gasteiger partial charge >= 0.3 is 0 Å². The van der Waals surface area contributed by atoms with Crippen LogP contribution >= 0.6 is 11.6 Å². The number of rotatable bonds is 11. The Bertz CT molecular complexity index is 1460. The number of carbonyl (C=O) groups excluding carboxylic acids is 2. The lowest BCUT2D eigenvalue weighted by Crippen LogP contribution is -2.52. The Morgan fingerprint density at radius 2 is 1.60 bits per heavy atom. The van der Waals surface area contributed by atoms with Crippen LogP contribution in [0.25, 0.3) is 0 Å². The second kappa shape index (κ2) is 13.3. The maximum absolute atomic E-state index is 14.1. The molecule has 1 N–H and O–H groups in total. The minimum atomic E-state index is -4.12. The monoisotopic (exact) mass is 583 g/mol. The van der Waals surface area contributed by atoms with Crippen molar-refractivity contribution in [2.75, 3.05) is 10.8 Å². The van der Waals surface area contributed by atoms with Crippen LogP contribution in [0.15, 0.2) is 71.6 Å². The highest BCUT2D eigenvalue weighted by Gasteiger charge is 2.33. The first-order valence-corrected chi connectivity index (χ1v) is 15.2. The summed E-state index contributed by atoms with van der Waals surface area (Å²) in [6.07, 6.45) is 0.732. The van der Waals surface area contributed by atoms with Gasteiger partial charge in [-0.2, -0.15) is 0 Å². The molecule has 7 nitrogen and oxygen atoms in total. The normalized spacial score (nSPS) is 12.9. The highest BCUT2D eigenvalue weighted by molar-refractivity contribution is 7.92. The zero-order valence-electron chi connectivity index (χ0n) is 23.9. The van der Waals surface area contributed by atoms with E-state index in [2.05, 4.69) is 5.32 Å². The van der Waals surface area contributed by atoms with E-state index in [0.717, 1.165) is 33.0 Å². The summed E-state index contributed by atoms with van der Waals surface area (Å²) in [5, 5.41) is 3.43. The molecule has 0 aliphatic heterocycles. The van der Waals surface area contributed by atoms with Crippen LogP contribution in [0, 0.1) is 20.8 Å². The molecule has 3 aromatic rings. The second-order valence-electron chi connectivity index (χ2n) is 10.2. The van der Waals surface area contributed by atoms with Crippen LogP contribution in [0.2, 0.25) is 5.02 Å². The van der Waals surface area contributed by atoms with Crippen molar-refractivity contribution in [2.45, 2.75) is 71.5 Å². The lowest BCUT2D eigenvalue weighted by Gasteiger charge is -2.33. The van der Waals surface area contributed by atoms with Gasteiger partial charge in [-0.05, 0) is 88.1 Å². The van der Waals surface area contributed by atoms with Crippen molar-refractivity contribution in [3.05, 3.63) is 94.0 Å². The third-order valence-electron chi connectivity index (χ3n) is 7.14. The van der Waals surface area contributed by atoms with Gasteiger partial charge in [0.15, 0.2) is 0 Å². The number of amides is 2. The van der Waals surface area contributed by atoms with Gasteiger partial charge in [0.1, 0.15) is 12.6 Å². The van der Waals surface area contributed by atoms with Gasteiger partial charge in [-0.15, -0.1) is 0 Å². The Labute approximate surface area is 243 Å². The molecule has 0 heterocycles. The van der Waals surface area contributed by atoms with E-state index in [-0.39, 0.29) is 23.4 Å². The molecule has 2 amide bonds. The average Bonchev–Trinajstić information content (AvgIpc) is 2.91. The lowest BCUT2D eigenvalue weighted by molar-refractivity contribution is -0.139. The van der Waals surface area contributed by atoms with Crippen molar-refractivity contribution >= 4 is 39.1 Å². The Morgan fingerprint density at radius 1 is 0.950 bits per heavy atom. The molecule has 9 heteroatoms. The number of nitrogens with one attached hydrogen (secondary N) is 1. The van der Waals surface area contributed by atoms with E-state index in [1.54, 1.807) is 61.5 Å². The highest BCUT2D eigenvalue weighted by Crippen LogP contribution is 2.29. The zero-order valence-corrected chi connectivity index (χ0v) is 25.5. The lowest BCUT2D eigenvalue weighted by atomic mass is 10.1. The molecule has 0 spiro atoms. The Hall–Kier alpha value is -3.36. The molecule has 214 valence electrons. The van der Waals surface area contributed by atoms with Crippen molar-refractivity contribution in [3.63, 3.8) is 0 Å². The van der Waals surface area contributed by atoms with Gasteiger partial charge < -0.3 is 10.2 Å². The maximum Gasteiger partial charge on any atom is 0.264 e. The van der Waals surface area contributed by atoms with Crippen molar-refractivity contribution in [1.82, 2.24) is 10.2 Å². The number of halogens is 1. The van der Waals surface area contributed by atoms with Gasteiger partial charge in [-0.25, -0.2) is 8.42 Å². The number of anilines is 1. The maximum atomic E-state index is 14.1. The van der Waals surface area contributed by atoms with Gasteiger partial charge in [0.2, 0.25) is 11.8 Å². The van der Waals surface area contributed by atoms with E-state index in [1.165, 1.54) is 4.90 Å². The number of hydrogen-bond acceptors (Lipinski definition) is 4. The Morgan fingerprint density at radius 3 is 2.23 bits per heavy atom. The SMILES string of the molecule is CC[C@H](C)NC(=O)[C@H](C)N(Cc1cccc(Cl)c1)C(=O)CN(c1cccc(C)c1C)S(=O)(=O)c1ccc(C)cc1. The van der Waals surface area contributed by atoms with Crippen molar-refractivity contribution < 1.29 is 18.0 Å². The largest absolute Gasteiger partial charge is 0.352 e. The third-order valence-corrected chi connectivity index (χ3v) is 9.15. The van der Waals surface area contributed by atoms with Crippen LogP contribution in [0.5, 0.6) is 0 Å².